The number of carbonyl (C=O) groups is 2. The van der Waals surface area contributed by atoms with Crippen molar-refractivity contribution in [2.75, 3.05) is 13.2 Å². The van der Waals surface area contributed by atoms with E-state index in [0.29, 0.717) is 30.0 Å². The molecule has 0 spiro atoms. The first-order chi connectivity index (χ1) is 17.4. The van der Waals surface area contributed by atoms with Crippen molar-refractivity contribution < 1.29 is 14.3 Å². The SMILES string of the molecule is CCOC(=O)N1CCc2c(nc(-c3ccc(C)cc3)n(CC(=O)N[C@H]3CCc4ccccc43)c2=O)C1. The highest BCUT2D eigenvalue weighted by Crippen LogP contribution is 2.30. The number of hydrogen-bond acceptors (Lipinski definition) is 5. The Morgan fingerprint density at radius 2 is 1.89 bits per heavy atom. The van der Waals surface area contributed by atoms with Crippen LogP contribution in [0.2, 0.25) is 0 Å². The third kappa shape index (κ3) is 4.63. The molecule has 1 aromatic heterocycles. The number of amides is 2. The minimum Gasteiger partial charge on any atom is -0.450 e. The lowest BCUT2D eigenvalue weighted by Gasteiger charge is -2.28. The topological polar surface area (TPSA) is 93.5 Å². The number of rotatable bonds is 5. The third-order valence-electron chi connectivity index (χ3n) is 6.93. The number of benzene rings is 2. The first kappa shape index (κ1) is 23.8. The molecule has 8 heteroatoms. The molecule has 1 atom stereocenters. The Kier molecular flexibility index (Phi) is 6.59. The second-order valence-electron chi connectivity index (χ2n) is 9.35. The van der Waals surface area contributed by atoms with Crippen LogP contribution in [0.25, 0.3) is 11.4 Å². The average Bonchev–Trinajstić information content (AvgIpc) is 3.28. The van der Waals surface area contributed by atoms with Crippen molar-refractivity contribution in [3.63, 3.8) is 0 Å². The molecule has 2 heterocycles. The van der Waals surface area contributed by atoms with Crippen LogP contribution in [-0.4, -0.2) is 39.6 Å². The Hall–Kier alpha value is -3.94. The minimum absolute atomic E-state index is 0.0593. The predicted octanol–water partition coefficient (Wildman–Crippen LogP) is 3.54. The van der Waals surface area contributed by atoms with Crippen molar-refractivity contribution in [1.82, 2.24) is 19.8 Å². The molecule has 2 aliphatic rings. The second-order valence-corrected chi connectivity index (χ2v) is 9.35. The smallest absolute Gasteiger partial charge is 0.410 e. The second kappa shape index (κ2) is 9.97. The molecule has 0 bridgehead atoms. The Bertz CT molecular complexity index is 1360. The van der Waals surface area contributed by atoms with Gasteiger partial charge < -0.3 is 15.0 Å². The van der Waals surface area contributed by atoms with Crippen LogP contribution in [0.1, 0.15) is 47.3 Å². The van der Waals surface area contributed by atoms with Crippen molar-refractivity contribution in [2.45, 2.75) is 52.2 Å². The number of nitrogens with zero attached hydrogens (tertiary/aromatic N) is 3. The molecule has 1 aliphatic heterocycles. The van der Waals surface area contributed by atoms with Crippen LogP contribution in [0.4, 0.5) is 4.79 Å². The fourth-order valence-electron chi connectivity index (χ4n) is 5.06. The molecule has 0 saturated carbocycles. The summed E-state index contributed by atoms with van der Waals surface area (Å²) in [4.78, 5) is 45.5. The summed E-state index contributed by atoms with van der Waals surface area (Å²) in [5.41, 5.74) is 5.08. The van der Waals surface area contributed by atoms with E-state index in [1.165, 1.54) is 10.1 Å². The fourth-order valence-corrected chi connectivity index (χ4v) is 5.06. The van der Waals surface area contributed by atoms with Crippen LogP contribution in [0.5, 0.6) is 0 Å². The maximum atomic E-state index is 13.7. The summed E-state index contributed by atoms with van der Waals surface area (Å²) < 4.78 is 6.61. The molecule has 8 nitrogen and oxygen atoms in total. The van der Waals surface area contributed by atoms with Crippen LogP contribution in [0, 0.1) is 6.92 Å². The normalized spacial score (nSPS) is 16.3. The third-order valence-corrected chi connectivity index (χ3v) is 6.93. The predicted molar refractivity (Wildman–Crippen MR) is 135 cm³/mol. The molecule has 186 valence electrons. The summed E-state index contributed by atoms with van der Waals surface area (Å²) in [5.74, 6) is 0.198. The summed E-state index contributed by atoms with van der Waals surface area (Å²) in [6.07, 6.45) is 1.72. The van der Waals surface area contributed by atoms with E-state index in [1.54, 1.807) is 11.8 Å². The van der Waals surface area contributed by atoms with Gasteiger partial charge in [0.05, 0.1) is 24.9 Å². The first-order valence-electron chi connectivity index (χ1n) is 12.4. The lowest BCUT2D eigenvalue weighted by atomic mass is 10.1. The molecule has 36 heavy (non-hydrogen) atoms. The number of hydrogen-bond donors (Lipinski definition) is 1. The van der Waals surface area contributed by atoms with Gasteiger partial charge in [-0.2, -0.15) is 0 Å². The van der Waals surface area contributed by atoms with Gasteiger partial charge in [-0.05, 0) is 44.2 Å². The number of carbonyl (C=O) groups excluding carboxylic acids is 2. The van der Waals surface area contributed by atoms with Gasteiger partial charge in [-0.1, -0.05) is 54.1 Å². The summed E-state index contributed by atoms with van der Waals surface area (Å²) in [6, 6.07) is 15.8. The van der Waals surface area contributed by atoms with Gasteiger partial charge in [0, 0.05) is 17.7 Å². The van der Waals surface area contributed by atoms with E-state index >= 15 is 0 Å². The molecule has 0 radical (unpaired) electrons. The lowest BCUT2D eigenvalue weighted by Crippen LogP contribution is -2.42. The van der Waals surface area contributed by atoms with Gasteiger partial charge >= 0.3 is 6.09 Å². The Morgan fingerprint density at radius 3 is 2.67 bits per heavy atom. The number of ether oxygens (including phenoxy) is 1. The average molecular weight is 487 g/mol. The fraction of sp³-hybridized carbons (Fsp3) is 0.357. The van der Waals surface area contributed by atoms with Crippen LogP contribution >= 0.6 is 0 Å². The van der Waals surface area contributed by atoms with Gasteiger partial charge in [-0.3, -0.25) is 14.2 Å². The van der Waals surface area contributed by atoms with Gasteiger partial charge in [-0.25, -0.2) is 9.78 Å². The van der Waals surface area contributed by atoms with Crippen molar-refractivity contribution in [1.29, 1.82) is 0 Å². The van der Waals surface area contributed by atoms with Gasteiger partial charge in [0.2, 0.25) is 5.91 Å². The summed E-state index contributed by atoms with van der Waals surface area (Å²) >= 11 is 0. The van der Waals surface area contributed by atoms with E-state index in [4.69, 9.17) is 9.72 Å². The number of nitrogens with one attached hydrogen (secondary N) is 1. The number of aromatic nitrogens is 2. The maximum absolute atomic E-state index is 13.7. The van der Waals surface area contributed by atoms with E-state index in [2.05, 4.69) is 11.4 Å². The molecule has 2 aromatic carbocycles. The zero-order chi connectivity index (χ0) is 25.2. The molecule has 0 unspecified atom stereocenters. The van der Waals surface area contributed by atoms with Crippen molar-refractivity contribution in [3.8, 4) is 11.4 Å². The van der Waals surface area contributed by atoms with Crippen molar-refractivity contribution >= 4 is 12.0 Å². The largest absolute Gasteiger partial charge is 0.450 e. The van der Waals surface area contributed by atoms with E-state index in [-0.39, 0.29) is 37.2 Å². The highest BCUT2D eigenvalue weighted by molar-refractivity contribution is 5.77. The summed E-state index contributed by atoms with van der Waals surface area (Å²) in [7, 11) is 0. The van der Waals surface area contributed by atoms with Crippen LogP contribution in [0.15, 0.2) is 53.3 Å². The highest BCUT2D eigenvalue weighted by atomic mass is 16.6. The number of aryl methyl sites for hydroxylation is 2. The first-order valence-corrected chi connectivity index (χ1v) is 12.4. The molecule has 1 N–H and O–H groups in total. The molecular formula is C28H30N4O4. The van der Waals surface area contributed by atoms with Gasteiger partial charge in [-0.15, -0.1) is 0 Å². The van der Waals surface area contributed by atoms with E-state index in [1.807, 2.05) is 49.4 Å². The molecular weight excluding hydrogens is 456 g/mol. The summed E-state index contributed by atoms with van der Waals surface area (Å²) in [5, 5.41) is 3.12. The number of fused-ring (bicyclic) bond motifs is 2. The van der Waals surface area contributed by atoms with Crippen molar-refractivity contribution in [2.24, 2.45) is 0 Å². The van der Waals surface area contributed by atoms with E-state index in [0.717, 1.165) is 29.5 Å². The minimum atomic E-state index is -0.415. The zero-order valence-corrected chi connectivity index (χ0v) is 20.6. The summed E-state index contributed by atoms with van der Waals surface area (Å²) in [6.45, 7) is 4.49. The zero-order valence-electron chi connectivity index (χ0n) is 20.6. The van der Waals surface area contributed by atoms with Crippen LogP contribution in [-0.2, 0) is 35.5 Å². The quantitative estimate of drug-likeness (QED) is 0.596. The molecule has 0 fully saturated rings. The van der Waals surface area contributed by atoms with Gasteiger partial charge in [0.1, 0.15) is 12.4 Å². The molecule has 0 saturated heterocycles. The molecule has 3 aromatic rings. The standard InChI is InChI=1S/C28H30N4O4/c1-3-36-28(35)31-15-14-22-24(16-31)30-26(20-10-8-18(2)9-11-20)32(27(22)34)17-25(33)29-23-13-12-19-6-4-5-7-21(19)23/h4-11,23H,3,12-17H2,1-2H3,(H,29,33)/t23-/m0/s1. The molecule has 5 rings (SSSR count). The highest BCUT2D eigenvalue weighted by Gasteiger charge is 2.29. The Balaban J connectivity index is 1.47. The van der Waals surface area contributed by atoms with Crippen molar-refractivity contribution in [3.05, 3.63) is 86.8 Å². The Labute approximate surface area is 209 Å². The maximum Gasteiger partial charge on any atom is 0.410 e. The van der Waals surface area contributed by atoms with E-state index < -0.39 is 6.09 Å². The lowest BCUT2D eigenvalue weighted by molar-refractivity contribution is -0.122. The van der Waals surface area contributed by atoms with E-state index in [9.17, 15) is 14.4 Å². The Morgan fingerprint density at radius 1 is 1.11 bits per heavy atom. The van der Waals surface area contributed by atoms with Crippen LogP contribution < -0.4 is 10.9 Å². The molecule has 2 amide bonds. The van der Waals surface area contributed by atoms with Gasteiger partial charge in [0.25, 0.3) is 5.56 Å². The van der Waals surface area contributed by atoms with Gasteiger partial charge in [0.15, 0.2) is 0 Å². The monoisotopic (exact) mass is 486 g/mol. The van der Waals surface area contributed by atoms with Crippen LogP contribution in [0.3, 0.4) is 0 Å². The molecule has 1 aliphatic carbocycles.